The minimum Gasteiger partial charge on any atom is -0.490 e. The standard InChI is InChI=1S/C18H19ClO/c19-13-15(10-14-6-2-1-3-7-14)11-17-12-16-8-4-5-9-18(16)20-17/h1-9,15,17H,10-13H2. The maximum absolute atomic E-state index is 6.15. The molecule has 20 heavy (non-hydrogen) atoms. The molecule has 0 bridgehead atoms. The molecule has 0 fully saturated rings. The number of benzene rings is 2. The van der Waals surface area contributed by atoms with Gasteiger partial charge in [-0.3, -0.25) is 0 Å². The summed E-state index contributed by atoms with van der Waals surface area (Å²) in [7, 11) is 0. The van der Waals surface area contributed by atoms with Crippen LogP contribution in [0.1, 0.15) is 17.5 Å². The van der Waals surface area contributed by atoms with Crippen molar-refractivity contribution < 1.29 is 4.74 Å². The van der Waals surface area contributed by atoms with Crippen LogP contribution in [0.4, 0.5) is 0 Å². The third-order valence-corrected chi connectivity index (χ3v) is 4.33. The normalized spacial score (nSPS) is 18.4. The van der Waals surface area contributed by atoms with Gasteiger partial charge in [0.15, 0.2) is 0 Å². The number of alkyl halides is 1. The Morgan fingerprint density at radius 3 is 2.55 bits per heavy atom. The lowest BCUT2D eigenvalue weighted by Gasteiger charge is -2.18. The van der Waals surface area contributed by atoms with Crippen LogP contribution in [0.3, 0.4) is 0 Å². The molecular formula is C18H19ClO. The maximum Gasteiger partial charge on any atom is 0.123 e. The Morgan fingerprint density at radius 2 is 1.80 bits per heavy atom. The zero-order chi connectivity index (χ0) is 13.8. The van der Waals surface area contributed by atoms with Gasteiger partial charge in [0.2, 0.25) is 0 Å². The van der Waals surface area contributed by atoms with Crippen LogP contribution in [0.2, 0.25) is 0 Å². The Hall–Kier alpha value is -1.47. The number of rotatable bonds is 5. The van der Waals surface area contributed by atoms with E-state index >= 15 is 0 Å². The van der Waals surface area contributed by atoms with Crippen LogP contribution in [-0.4, -0.2) is 12.0 Å². The first kappa shape index (κ1) is 13.5. The van der Waals surface area contributed by atoms with E-state index in [9.17, 15) is 0 Å². The van der Waals surface area contributed by atoms with Crippen molar-refractivity contribution in [1.29, 1.82) is 0 Å². The van der Waals surface area contributed by atoms with E-state index in [1.165, 1.54) is 11.1 Å². The molecule has 1 aliphatic rings. The first-order valence-corrected chi connectivity index (χ1v) is 7.73. The van der Waals surface area contributed by atoms with Crippen molar-refractivity contribution in [3.05, 3.63) is 65.7 Å². The molecule has 0 amide bonds. The highest BCUT2D eigenvalue weighted by molar-refractivity contribution is 6.18. The predicted octanol–water partition coefficient (Wildman–Crippen LogP) is 4.48. The highest BCUT2D eigenvalue weighted by Gasteiger charge is 2.25. The number of halogens is 1. The minimum atomic E-state index is 0.278. The van der Waals surface area contributed by atoms with Gasteiger partial charge >= 0.3 is 0 Å². The van der Waals surface area contributed by atoms with E-state index in [4.69, 9.17) is 16.3 Å². The van der Waals surface area contributed by atoms with Gasteiger partial charge in [0.25, 0.3) is 0 Å². The predicted molar refractivity (Wildman–Crippen MR) is 83.5 cm³/mol. The molecular weight excluding hydrogens is 268 g/mol. The second-order valence-corrected chi connectivity index (χ2v) is 5.81. The Kier molecular flexibility index (Phi) is 4.27. The van der Waals surface area contributed by atoms with Crippen LogP contribution in [0.5, 0.6) is 5.75 Å². The van der Waals surface area contributed by atoms with E-state index in [1.807, 2.05) is 6.07 Å². The average molecular weight is 287 g/mol. The molecule has 2 aromatic rings. The molecule has 0 radical (unpaired) electrons. The first-order valence-electron chi connectivity index (χ1n) is 7.19. The van der Waals surface area contributed by atoms with Crippen molar-refractivity contribution in [1.82, 2.24) is 0 Å². The van der Waals surface area contributed by atoms with E-state index in [0.29, 0.717) is 11.8 Å². The molecule has 1 nitrogen and oxygen atoms in total. The third-order valence-electron chi connectivity index (χ3n) is 3.90. The lowest BCUT2D eigenvalue weighted by molar-refractivity contribution is 0.198. The van der Waals surface area contributed by atoms with Gasteiger partial charge in [-0.05, 0) is 36.0 Å². The fourth-order valence-corrected chi connectivity index (χ4v) is 3.14. The van der Waals surface area contributed by atoms with Crippen molar-refractivity contribution in [2.45, 2.75) is 25.4 Å². The average Bonchev–Trinajstić information content (AvgIpc) is 2.90. The first-order chi connectivity index (χ1) is 9.85. The van der Waals surface area contributed by atoms with Gasteiger partial charge in [-0.15, -0.1) is 11.6 Å². The van der Waals surface area contributed by atoms with Crippen LogP contribution in [0.25, 0.3) is 0 Å². The summed E-state index contributed by atoms with van der Waals surface area (Å²) in [5.74, 6) is 2.20. The summed E-state index contributed by atoms with van der Waals surface area (Å²) in [6.45, 7) is 0. The van der Waals surface area contributed by atoms with Crippen molar-refractivity contribution in [3.8, 4) is 5.75 Å². The number of para-hydroxylation sites is 1. The second kappa shape index (κ2) is 6.32. The number of hydrogen-bond donors (Lipinski definition) is 0. The van der Waals surface area contributed by atoms with Crippen LogP contribution in [-0.2, 0) is 12.8 Å². The summed E-state index contributed by atoms with van der Waals surface area (Å²) in [5, 5.41) is 0. The monoisotopic (exact) mass is 286 g/mol. The Bertz CT molecular complexity index is 527. The quantitative estimate of drug-likeness (QED) is 0.737. The third kappa shape index (κ3) is 3.16. The van der Waals surface area contributed by atoms with Gasteiger partial charge in [-0.25, -0.2) is 0 Å². The Morgan fingerprint density at radius 1 is 1.05 bits per heavy atom. The van der Waals surface area contributed by atoms with Crippen LogP contribution < -0.4 is 4.74 Å². The number of hydrogen-bond acceptors (Lipinski definition) is 1. The molecule has 104 valence electrons. The van der Waals surface area contributed by atoms with Crippen molar-refractivity contribution >= 4 is 11.6 Å². The lowest BCUT2D eigenvalue weighted by Crippen LogP contribution is -2.20. The SMILES string of the molecule is ClCC(Cc1ccccc1)CC1Cc2ccccc2O1. The highest BCUT2D eigenvalue weighted by atomic mass is 35.5. The Labute approximate surface area is 125 Å². The van der Waals surface area contributed by atoms with Crippen LogP contribution in [0, 0.1) is 5.92 Å². The van der Waals surface area contributed by atoms with Gasteiger partial charge in [0.05, 0.1) is 0 Å². The molecule has 2 unspecified atom stereocenters. The van der Waals surface area contributed by atoms with Crippen LogP contribution >= 0.6 is 11.6 Å². The van der Waals surface area contributed by atoms with E-state index < -0.39 is 0 Å². The van der Waals surface area contributed by atoms with Crippen LogP contribution in [0.15, 0.2) is 54.6 Å². The van der Waals surface area contributed by atoms with Crippen molar-refractivity contribution in [2.75, 3.05) is 5.88 Å². The molecule has 1 heterocycles. The van der Waals surface area contributed by atoms with E-state index in [2.05, 4.69) is 48.5 Å². The van der Waals surface area contributed by atoms with Crippen molar-refractivity contribution in [3.63, 3.8) is 0 Å². The molecule has 0 N–H and O–H groups in total. The molecule has 0 aromatic heterocycles. The van der Waals surface area contributed by atoms with Crippen molar-refractivity contribution in [2.24, 2.45) is 5.92 Å². The molecule has 0 saturated carbocycles. The smallest absolute Gasteiger partial charge is 0.123 e. The summed E-state index contributed by atoms with van der Waals surface area (Å²) >= 11 is 6.15. The zero-order valence-corrected chi connectivity index (χ0v) is 12.2. The molecule has 0 spiro atoms. The number of fused-ring (bicyclic) bond motifs is 1. The molecule has 2 heteroatoms. The molecule has 3 rings (SSSR count). The molecule has 1 aliphatic heterocycles. The second-order valence-electron chi connectivity index (χ2n) is 5.50. The highest BCUT2D eigenvalue weighted by Crippen LogP contribution is 2.31. The van der Waals surface area contributed by atoms with Gasteiger partial charge in [0.1, 0.15) is 11.9 Å². The number of ether oxygens (including phenoxy) is 1. The molecule has 0 aliphatic carbocycles. The van der Waals surface area contributed by atoms with Gasteiger partial charge < -0.3 is 4.74 Å². The summed E-state index contributed by atoms with van der Waals surface area (Å²) in [6, 6.07) is 18.9. The summed E-state index contributed by atoms with van der Waals surface area (Å²) < 4.78 is 6.02. The largest absolute Gasteiger partial charge is 0.490 e. The molecule has 0 saturated heterocycles. The van der Waals surface area contributed by atoms with E-state index in [1.54, 1.807) is 0 Å². The maximum atomic E-state index is 6.15. The summed E-state index contributed by atoms with van der Waals surface area (Å²) in [4.78, 5) is 0. The minimum absolute atomic E-state index is 0.278. The fourth-order valence-electron chi connectivity index (χ4n) is 2.91. The van der Waals surface area contributed by atoms with E-state index in [-0.39, 0.29) is 6.10 Å². The lowest BCUT2D eigenvalue weighted by atomic mass is 9.94. The fraction of sp³-hybridized carbons (Fsp3) is 0.333. The Balaban J connectivity index is 1.60. The topological polar surface area (TPSA) is 9.23 Å². The van der Waals surface area contributed by atoms with Gasteiger partial charge in [0, 0.05) is 12.3 Å². The van der Waals surface area contributed by atoms with Gasteiger partial charge in [-0.1, -0.05) is 48.5 Å². The van der Waals surface area contributed by atoms with E-state index in [0.717, 1.165) is 25.0 Å². The molecule has 2 aromatic carbocycles. The van der Waals surface area contributed by atoms with Gasteiger partial charge in [-0.2, -0.15) is 0 Å². The zero-order valence-electron chi connectivity index (χ0n) is 11.5. The summed E-state index contributed by atoms with van der Waals surface area (Å²) in [6.07, 6.45) is 3.34. The molecule has 2 atom stereocenters. The summed E-state index contributed by atoms with van der Waals surface area (Å²) in [5.41, 5.74) is 2.68.